The fraction of sp³-hybridized carbons (Fsp3) is 0.375. The molecule has 0 saturated carbocycles. The Morgan fingerprint density at radius 3 is 2.44 bits per heavy atom. The molecule has 1 aromatic heterocycles. The van der Waals surface area contributed by atoms with Crippen molar-refractivity contribution in [3.8, 4) is 0 Å². The molecular weight excluding hydrogens is 770 g/mol. The quantitative estimate of drug-likeness (QED) is 0.291. The van der Waals surface area contributed by atoms with E-state index in [0.717, 1.165) is 41.1 Å². The van der Waals surface area contributed by atoms with Crippen molar-refractivity contribution in [3.05, 3.63) is 115 Å². The molecule has 0 bridgehead atoms. The maximum Gasteiger partial charge on any atom is 0.282 e. The molecule has 2 aromatic carbocycles. The first-order valence-corrected chi connectivity index (χ1v) is 19.1. The molecule has 2 N–H and O–H groups in total. The minimum absolute atomic E-state index is 0.0574. The third-order valence-electron chi connectivity index (χ3n) is 10.6. The van der Waals surface area contributed by atoms with Crippen molar-refractivity contribution in [1.82, 2.24) is 29.8 Å². The number of aryl methyl sites for hydroxylation is 1. The van der Waals surface area contributed by atoms with Crippen LogP contribution in [0.4, 0.5) is 5.69 Å². The predicted octanol–water partition coefficient (Wildman–Crippen LogP) is 3.38. The first kappa shape index (κ1) is 37.9. The third kappa shape index (κ3) is 7.89. The van der Waals surface area contributed by atoms with Crippen LogP contribution in [0.5, 0.6) is 0 Å². The summed E-state index contributed by atoms with van der Waals surface area (Å²) < 4.78 is 7.81. The predicted molar refractivity (Wildman–Crippen MR) is 205 cm³/mol. The maximum atomic E-state index is 13.4. The van der Waals surface area contributed by atoms with Gasteiger partial charge < -0.3 is 19.9 Å². The second-order valence-electron chi connectivity index (χ2n) is 14.6. The van der Waals surface area contributed by atoms with Crippen LogP contribution in [0.15, 0.2) is 87.0 Å². The molecule has 0 spiro atoms. The lowest BCUT2D eigenvalue weighted by Crippen LogP contribution is -2.54. The van der Waals surface area contributed by atoms with Crippen LogP contribution in [0, 0.1) is 0 Å². The molecule has 3 aliphatic heterocycles. The highest BCUT2D eigenvalue weighted by Gasteiger charge is 2.47. The number of halogens is 1. The van der Waals surface area contributed by atoms with E-state index in [1.54, 1.807) is 31.3 Å². The van der Waals surface area contributed by atoms with Gasteiger partial charge in [-0.15, -0.1) is 0 Å². The van der Waals surface area contributed by atoms with Crippen LogP contribution in [-0.4, -0.2) is 93.3 Å². The van der Waals surface area contributed by atoms with Crippen LogP contribution in [0.25, 0.3) is 0 Å². The summed E-state index contributed by atoms with van der Waals surface area (Å²) in [6, 6.07) is 14.5. The smallest absolute Gasteiger partial charge is 0.282 e. The Bertz CT molecular complexity index is 2180. The molecule has 4 heterocycles. The third-order valence-corrected chi connectivity index (χ3v) is 11.4. The highest BCUT2D eigenvalue weighted by atomic mass is 79.9. The van der Waals surface area contributed by atoms with Gasteiger partial charge in [-0.3, -0.25) is 39.0 Å². The van der Waals surface area contributed by atoms with Crippen LogP contribution in [0.1, 0.15) is 65.1 Å². The second kappa shape index (κ2) is 15.7. The number of carbonyl (C=O) groups excluding carboxylic acids is 5. The van der Waals surface area contributed by atoms with E-state index in [9.17, 15) is 28.8 Å². The molecule has 4 aliphatic rings. The summed E-state index contributed by atoms with van der Waals surface area (Å²) in [4.78, 5) is 81.3. The number of benzene rings is 2. The normalized spacial score (nSPS) is 21.6. The van der Waals surface area contributed by atoms with E-state index in [-0.39, 0.29) is 48.4 Å². The Morgan fingerprint density at radius 1 is 0.982 bits per heavy atom. The number of imide groups is 2. The van der Waals surface area contributed by atoms with E-state index in [0.29, 0.717) is 46.4 Å². The first-order chi connectivity index (χ1) is 26.4. The first-order valence-electron chi connectivity index (χ1n) is 18.3. The van der Waals surface area contributed by atoms with Gasteiger partial charge in [-0.2, -0.15) is 5.10 Å². The minimum Gasteiger partial charge on any atom is -0.488 e. The van der Waals surface area contributed by atoms with E-state index in [2.05, 4.69) is 43.6 Å². The van der Waals surface area contributed by atoms with Gasteiger partial charge in [0.1, 0.15) is 22.9 Å². The maximum absolute atomic E-state index is 13.4. The zero-order chi connectivity index (χ0) is 39.0. The fourth-order valence-electron chi connectivity index (χ4n) is 7.74. The van der Waals surface area contributed by atoms with Crippen molar-refractivity contribution in [2.45, 2.75) is 63.3 Å². The monoisotopic (exact) mass is 811 g/mol. The van der Waals surface area contributed by atoms with Crippen molar-refractivity contribution in [2.75, 3.05) is 32.5 Å². The second-order valence-corrected chi connectivity index (χ2v) is 15.4. The number of ether oxygens (including phenoxy) is 1. The lowest BCUT2D eigenvalue weighted by Gasteiger charge is -2.37. The molecule has 15 heteroatoms. The molecule has 5 amide bonds. The standard InChI is InChI=1S/C40H42BrN7O7/c1-45-20-27(17-28(21-45)43-30-18-42-47(3)40(54)35(30)41)25-11-13-26(14-12-25)37(51)46(2)19-23-7-9-24(10-8-23)22-55-32-6-4-5-29-34(32)39(53)48(38(29)52)31-15-16-33(49)44-36(31)50/h6-14,18,27-28,31,43H,4-5,15-17,19-22H2,1-3H3,(H,44,49,50). The summed E-state index contributed by atoms with van der Waals surface area (Å²) in [5, 5.41) is 9.85. The average Bonchev–Trinajstić information content (AvgIpc) is 3.43. The van der Waals surface area contributed by atoms with Crippen molar-refractivity contribution in [1.29, 1.82) is 0 Å². The van der Waals surface area contributed by atoms with E-state index >= 15 is 0 Å². The Morgan fingerprint density at radius 2 is 1.71 bits per heavy atom. The van der Waals surface area contributed by atoms with E-state index in [1.165, 1.54) is 4.68 Å². The van der Waals surface area contributed by atoms with Gasteiger partial charge in [-0.1, -0.05) is 36.4 Å². The van der Waals surface area contributed by atoms with Gasteiger partial charge in [0.25, 0.3) is 23.3 Å². The van der Waals surface area contributed by atoms with Crippen molar-refractivity contribution >= 4 is 51.2 Å². The van der Waals surface area contributed by atoms with Crippen LogP contribution in [0.2, 0.25) is 0 Å². The average molecular weight is 813 g/mol. The van der Waals surface area contributed by atoms with Crippen LogP contribution in [-0.2, 0) is 44.1 Å². The Labute approximate surface area is 326 Å². The number of allylic oxidation sites excluding steroid dienone is 1. The van der Waals surface area contributed by atoms with Crippen molar-refractivity contribution in [3.63, 3.8) is 0 Å². The lowest BCUT2D eigenvalue weighted by atomic mass is 9.87. The number of hydrogen-bond acceptors (Lipinski definition) is 10. The highest BCUT2D eigenvalue weighted by Crippen LogP contribution is 2.37. The van der Waals surface area contributed by atoms with Gasteiger partial charge in [0.2, 0.25) is 11.8 Å². The Balaban J connectivity index is 0.923. The largest absolute Gasteiger partial charge is 0.488 e. The number of likely N-dealkylation sites (N-methyl/N-ethyl adjacent to an activating group) is 1. The molecule has 3 atom stereocenters. The molecule has 3 unspecified atom stereocenters. The summed E-state index contributed by atoms with van der Waals surface area (Å²) in [7, 11) is 5.46. The SMILES string of the molecule is CN1CC(Nc2cnn(C)c(=O)c2Br)CC(c2ccc(C(=O)N(C)Cc3ccc(COC4=CCCC5=C4C(=O)N(C4CCC(=O)NC4=O)C5=O)cc3)cc2)C1. The molecule has 0 radical (unpaired) electrons. The van der Waals surface area contributed by atoms with Crippen LogP contribution >= 0.6 is 15.9 Å². The number of anilines is 1. The van der Waals surface area contributed by atoms with Gasteiger partial charge in [0.15, 0.2) is 0 Å². The summed E-state index contributed by atoms with van der Waals surface area (Å²) in [6.07, 6.45) is 5.34. The zero-order valence-corrected chi connectivity index (χ0v) is 32.4. The number of nitrogens with one attached hydrogen (secondary N) is 2. The highest BCUT2D eigenvalue weighted by molar-refractivity contribution is 9.10. The summed E-state index contributed by atoms with van der Waals surface area (Å²) >= 11 is 3.41. The van der Waals surface area contributed by atoms with Gasteiger partial charge in [-0.25, -0.2) is 4.68 Å². The number of carbonyl (C=O) groups is 5. The van der Waals surface area contributed by atoms with Crippen molar-refractivity contribution in [2.24, 2.45) is 7.05 Å². The molecular formula is C40H42BrN7O7. The molecule has 286 valence electrons. The van der Waals surface area contributed by atoms with Crippen LogP contribution < -0.4 is 16.2 Å². The van der Waals surface area contributed by atoms with E-state index in [1.807, 2.05) is 48.5 Å². The van der Waals surface area contributed by atoms with Crippen molar-refractivity contribution < 1.29 is 28.7 Å². The number of amides is 5. The Hall–Kier alpha value is -5.41. The molecule has 2 fully saturated rings. The summed E-state index contributed by atoms with van der Waals surface area (Å²) in [6.45, 7) is 2.24. The lowest BCUT2D eigenvalue weighted by molar-refractivity contribution is -0.150. The molecule has 55 heavy (non-hydrogen) atoms. The molecule has 3 aromatic rings. The van der Waals surface area contributed by atoms with Gasteiger partial charge >= 0.3 is 0 Å². The number of likely N-dealkylation sites (tertiary alicyclic amines) is 1. The fourth-order valence-corrected chi connectivity index (χ4v) is 8.21. The van der Waals surface area contributed by atoms with Crippen LogP contribution in [0.3, 0.4) is 0 Å². The van der Waals surface area contributed by atoms with E-state index < -0.39 is 29.7 Å². The zero-order valence-electron chi connectivity index (χ0n) is 30.8. The Kier molecular flexibility index (Phi) is 10.8. The number of piperidine rings is 2. The van der Waals surface area contributed by atoms with E-state index in [4.69, 9.17) is 4.74 Å². The minimum atomic E-state index is -1.02. The number of hydrogen-bond donors (Lipinski definition) is 2. The molecule has 7 rings (SSSR count). The summed E-state index contributed by atoms with van der Waals surface area (Å²) in [5.41, 5.74) is 4.48. The van der Waals surface area contributed by atoms with Gasteiger partial charge in [0.05, 0.1) is 17.5 Å². The molecule has 2 saturated heterocycles. The molecule has 14 nitrogen and oxygen atoms in total. The summed E-state index contributed by atoms with van der Waals surface area (Å²) in [5.74, 6) is -1.70. The number of nitrogens with zero attached hydrogens (tertiary/aromatic N) is 5. The topological polar surface area (TPSA) is 163 Å². The van der Waals surface area contributed by atoms with Gasteiger partial charge in [-0.05, 0) is 89.5 Å². The number of aromatic nitrogens is 2. The molecule has 1 aliphatic carbocycles. The number of rotatable bonds is 10. The van der Waals surface area contributed by atoms with Gasteiger partial charge in [0, 0.05) is 57.3 Å².